The van der Waals surface area contributed by atoms with Crippen molar-refractivity contribution in [2.24, 2.45) is 0 Å². The molecule has 148 valence electrons. The summed E-state index contributed by atoms with van der Waals surface area (Å²) in [5.74, 6) is -0.0775. The third kappa shape index (κ3) is 5.70. The van der Waals surface area contributed by atoms with Gasteiger partial charge in [-0.15, -0.1) is 0 Å². The summed E-state index contributed by atoms with van der Waals surface area (Å²) < 4.78 is 22.5. The normalized spacial score (nSPS) is 12.5. The van der Waals surface area contributed by atoms with E-state index in [9.17, 15) is 4.39 Å². The summed E-state index contributed by atoms with van der Waals surface area (Å²) in [6.45, 7) is 7.75. The van der Waals surface area contributed by atoms with Gasteiger partial charge in [0.15, 0.2) is 5.91 Å². The molecule has 2 atom stereocenters. The molecule has 0 N–H and O–H groups in total. The van der Waals surface area contributed by atoms with Crippen molar-refractivity contribution in [2.45, 2.75) is 44.7 Å². The molecule has 2 nitrogen and oxygen atoms in total. The van der Waals surface area contributed by atoms with E-state index in [-0.39, 0.29) is 0 Å². The van der Waals surface area contributed by atoms with E-state index in [1.807, 2.05) is 18.2 Å². The first-order chi connectivity index (χ1) is 13.3. The van der Waals surface area contributed by atoms with Gasteiger partial charge in [0.2, 0.25) is 0 Å². The molecule has 0 fully saturated rings. The fourth-order valence-electron chi connectivity index (χ4n) is 3.16. The molecule has 0 radical (unpaired) electrons. The summed E-state index contributed by atoms with van der Waals surface area (Å²) in [5, 5.41) is 0. The molecule has 1 aromatic heterocycles. The van der Waals surface area contributed by atoms with Crippen LogP contribution in [0.5, 0.6) is 0 Å². The van der Waals surface area contributed by atoms with Crippen molar-refractivity contribution in [3.63, 3.8) is 0 Å². The molecular weight excluding hydrogens is 456 g/mol. The first kappa shape index (κ1) is 21.6. The number of nitrogens with zero attached hydrogens (tertiary/aromatic N) is 1. The van der Waals surface area contributed by atoms with Crippen molar-refractivity contribution in [3.05, 3.63) is 86.8 Å². The van der Waals surface area contributed by atoms with Gasteiger partial charge in [0, 0.05) is 15.9 Å². The standard InChI is InChI=1S/C22H24BrFNOPS/c1-14-10-15(2)21(16(3)11-14)28-25(12-17-4-6-18(23)7-5-17)13-19-8-9-20(26-19)22(24)27/h4-11,22H,12-13,27H2,1-3H3. The molecule has 28 heavy (non-hydrogen) atoms. The van der Waals surface area contributed by atoms with Crippen molar-refractivity contribution < 1.29 is 8.81 Å². The van der Waals surface area contributed by atoms with Gasteiger partial charge in [-0.2, -0.15) is 0 Å². The fraction of sp³-hybridized carbons (Fsp3) is 0.273. The number of hydrogen-bond donors (Lipinski definition) is 0. The molecule has 3 aromatic rings. The minimum atomic E-state index is -1.18. The summed E-state index contributed by atoms with van der Waals surface area (Å²) in [4.78, 5) is 1.25. The van der Waals surface area contributed by atoms with E-state index in [1.54, 1.807) is 18.0 Å². The molecule has 0 aliphatic carbocycles. The fourth-order valence-corrected chi connectivity index (χ4v) is 4.67. The van der Waals surface area contributed by atoms with Gasteiger partial charge in [-0.25, -0.2) is 8.70 Å². The third-order valence-corrected chi connectivity index (χ3v) is 6.58. The largest absolute Gasteiger partial charge is 0.461 e. The lowest BCUT2D eigenvalue weighted by molar-refractivity contribution is 0.339. The predicted molar refractivity (Wildman–Crippen MR) is 122 cm³/mol. The maximum atomic E-state index is 13.5. The zero-order valence-corrected chi connectivity index (χ0v) is 19.8. The molecule has 0 amide bonds. The highest BCUT2D eigenvalue weighted by molar-refractivity contribution is 9.10. The zero-order valence-electron chi connectivity index (χ0n) is 16.2. The van der Waals surface area contributed by atoms with E-state index < -0.39 is 5.91 Å². The van der Waals surface area contributed by atoms with E-state index in [2.05, 4.69) is 74.5 Å². The number of hydrogen-bond acceptors (Lipinski definition) is 3. The van der Waals surface area contributed by atoms with Crippen LogP contribution in [0.3, 0.4) is 0 Å². The van der Waals surface area contributed by atoms with Gasteiger partial charge < -0.3 is 4.42 Å². The Bertz CT molecular complexity index is 919. The van der Waals surface area contributed by atoms with Crippen LogP contribution in [-0.2, 0) is 13.1 Å². The van der Waals surface area contributed by atoms with E-state index in [0.29, 0.717) is 12.3 Å². The molecule has 0 aliphatic rings. The maximum Gasteiger partial charge on any atom is 0.170 e. The molecule has 2 unspecified atom stereocenters. The highest BCUT2D eigenvalue weighted by Crippen LogP contribution is 2.34. The lowest BCUT2D eigenvalue weighted by Gasteiger charge is -2.23. The second-order valence-electron chi connectivity index (χ2n) is 6.95. The molecule has 0 spiro atoms. The molecule has 0 saturated heterocycles. The van der Waals surface area contributed by atoms with Crippen LogP contribution in [0.1, 0.15) is 39.7 Å². The average Bonchev–Trinajstić information content (AvgIpc) is 3.09. The molecule has 6 heteroatoms. The van der Waals surface area contributed by atoms with Crippen molar-refractivity contribution in [1.82, 2.24) is 4.31 Å². The maximum absolute atomic E-state index is 13.5. The van der Waals surface area contributed by atoms with Crippen molar-refractivity contribution >= 4 is 37.1 Å². The highest BCUT2D eigenvalue weighted by atomic mass is 79.9. The third-order valence-electron chi connectivity index (χ3n) is 4.38. The first-order valence-corrected chi connectivity index (χ1v) is 11.3. The van der Waals surface area contributed by atoms with Crippen LogP contribution in [-0.4, -0.2) is 4.31 Å². The Labute approximate surface area is 181 Å². The molecule has 3 rings (SSSR count). The summed E-state index contributed by atoms with van der Waals surface area (Å²) in [5.41, 5.74) is 5.00. The second-order valence-corrected chi connectivity index (χ2v) is 9.56. The molecule has 0 saturated carbocycles. The topological polar surface area (TPSA) is 16.4 Å². The summed E-state index contributed by atoms with van der Waals surface area (Å²) in [7, 11) is 2.13. The van der Waals surface area contributed by atoms with Crippen molar-refractivity contribution in [2.75, 3.05) is 0 Å². The minimum absolute atomic E-state index is 0.344. The van der Waals surface area contributed by atoms with Crippen LogP contribution >= 0.6 is 37.1 Å². The monoisotopic (exact) mass is 479 g/mol. The molecule has 0 bridgehead atoms. The van der Waals surface area contributed by atoms with E-state index in [1.165, 1.54) is 27.1 Å². The average molecular weight is 480 g/mol. The Morgan fingerprint density at radius 3 is 2.25 bits per heavy atom. The lowest BCUT2D eigenvalue weighted by atomic mass is 10.1. The van der Waals surface area contributed by atoms with Gasteiger partial charge in [0.1, 0.15) is 11.5 Å². The highest BCUT2D eigenvalue weighted by Gasteiger charge is 2.16. The number of aryl methyl sites for hydroxylation is 3. The number of halogens is 2. The Balaban J connectivity index is 1.86. The van der Waals surface area contributed by atoms with Gasteiger partial charge >= 0.3 is 0 Å². The van der Waals surface area contributed by atoms with Gasteiger partial charge in [-0.1, -0.05) is 55.0 Å². The smallest absolute Gasteiger partial charge is 0.170 e. The van der Waals surface area contributed by atoms with Crippen LogP contribution in [0.4, 0.5) is 4.39 Å². The summed E-state index contributed by atoms with van der Waals surface area (Å²) >= 11 is 5.21. The Kier molecular flexibility index (Phi) is 7.38. The number of rotatable bonds is 7. The molecule has 2 aromatic carbocycles. The van der Waals surface area contributed by atoms with E-state index in [4.69, 9.17) is 4.42 Å². The predicted octanol–water partition coefficient (Wildman–Crippen LogP) is 7.52. The van der Waals surface area contributed by atoms with Crippen molar-refractivity contribution in [3.8, 4) is 0 Å². The summed E-state index contributed by atoms with van der Waals surface area (Å²) in [6, 6.07) is 16.3. The molecule has 1 heterocycles. The van der Waals surface area contributed by atoms with Gasteiger partial charge in [0.05, 0.1) is 6.54 Å². The van der Waals surface area contributed by atoms with Crippen LogP contribution in [0.2, 0.25) is 0 Å². The Morgan fingerprint density at radius 2 is 1.68 bits per heavy atom. The van der Waals surface area contributed by atoms with Crippen LogP contribution in [0.25, 0.3) is 0 Å². The lowest BCUT2D eigenvalue weighted by Crippen LogP contribution is -2.15. The SMILES string of the molecule is Cc1cc(C)c(SN(Cc2ccc(Br)cc2)Cc2ccc(C(F)P)o2)c(C)c1. The van der Waals surface area contributed by atoms with Gasteiger partial charge in [-0.3, -0.25) is 0 Å². The second kappa shape index (κ2) is 9.58. The Morgan fingerprint density at radius 1 is 1.04 bits per heavy atom. The van der Waals surface area contributed by atoms with E-state index in [0.717, 1.165) is 16.8 Å². The zero-order chi connectivity index (χ0) is 20.3. The molecule has 0 aliphatic heterocycles. The number of furan rings is 1. The quantitative estimate of drug-likeness (QED) is 0.257. The van der Waals surface area contributed by atoms with Crippen LogP contribution < -0.4 is 0 Å². The van der Waals surface area contributed by atoms with Crippen LogP contribution in [0, 0.1) is 20.8 Å². The summed E-state index contributed by atoms with van der Waals surface area (Å²) in [6.07, 6.45) is 0. The number of alkyl halides is 1. The Hall–Kier alpha value is -1.13. The first-order valence-electron chi connectivity index (χ1n) is 9.05. The minimum Gasteiger partial charge on any atom is -0.461 e. The number of benzene rings is 2. The van der Waals surface area contributed by atoms with Crippen molar-refractivity contribution in [1.29, 1.82) is 0 Å². The van der Waals surface area contributed by atoms with Crippen LogP contribution in [0.15, 0.2) is 62.3 Å². The molecular formula is C22H24BrFNOPS. The van der Waals surface area contributed by atoms with Gasteiger partial charge in [-0.05, 0) is 73.7 Å². The van der Waals surface area contributed by atoms with Gasteiger partial charge in [0.25, 0.3) is 0 Å². The van der Waals surface area contributed by atoms with E-state index >= 15 is 0 Å².